The lowest BCUT2D eigenvalue weighted by atomic mass is 9.94. The molecule has 0 heterocycles. The van der Waals surface area contributed by atoms with E-state index in [-0.39, 0.29) is 24.3 Å². The Balaban J connectivity index is 3.61. The number of carbonyl (C=O) groups excluding carboxylic acids is 1. The largest absolute Gasteiger partial charge is 0.411 e. The number of nitrogens with two attached hydrogens (primary N) is 1. The van der Waals surface area contributed by atoms with Crippen LogP contribution in [0.2, 0.25) is 0 Å². The number of alkyl halides is 3. The molecule has 0 radical (unpaired) electrons. The molecule has 0 aromatic carbocycles. The molecule has 17 heavy (non-hydrogen) atoms. The zero-order valence-corrected chi connectivity index (χ0v) is 10.1. The number of hydrogen-bond donors (Lipinski definition) is 2. The first-order chi connectivity index (χ1) is 7.66. The Morgan fingerprint density at radius 1 is 1.35 bits per heavy atom. The molecule has 0 aliphatic carbocycles. The standard InChI is InChI=1S/C10H19F3N2O2/c1-9(2,5-14)6-15-8(16)3-4-17-7-10(11,12)13/h3-7,14H2,1-2H3,(H,15,16). The van der Waals surface area contributed by atoms with Gasteiger partial charge in [0.2, 0.25) is 5.91 Å². The molecule has 0 aromatic rings. The highest BCUT2D eigenvalue weighted by Gasteiger charge is 2.27. The van der Waals surface area contributed by atoms with E-state index in [2.05, 4.69) is 10.1 Å². The summed E-state index contributed by atoms with van der Waals surface area (Å²) in [7, 11) is 0. The summed E-state index contributed by atoms with van der Waals surface area (Å²) in [6.45, 7) is 3.00. The highest BCUT2D eigenvalue weighted by atomic mass is 19.4. The fraction of sp³-hybridized carbons (Fsp3) is 0.900. The monoisotopic (exact) mass is 256 g/mol. The lowest BCUT2D eigenvalue weighted by Crippen LogP contribution is -2.38. The molecule has 0 aliphatic heterocycles. The fourth-order valence-corrected chi connectivity index (χ4v) is 0.851. The van der Waals surface area contributed by atoms with Gasteiger partial charge in [-0.3, -0.25) is 4.79 Å². The maximum Gasteiger partial charge on any atom is 0.411 e. The maximum atomic E-state index is 11.7. The van der Waals surface area contributed by atoms with E-state index < -0.39 is 12.8 Å². The summed E-state index contributed by atoms with van der Waals surface area (Å²) in [4.78, 5) is 11.2. The van der Waals surface area contributed by atoms with Crippen LogP contribution in [0.1, 0.15) is 20.3 Å². The summed E-state index contributed by atoms with van der Waals surface area (Å²) in [5, 5.41) is 2.59. The number of ether oxygens (including phenoxy) is 1. The average molecular weight is 256 g/mol. The normalized spacial score (nSPS) is 12.6. The van der Waals surface area contributed by atoms with Crippen molar-refractivity contribution in [3.05, 3.63) is 0 Å². The molecule has 0 aliphatic rings. The van der Waals surface area contributed by atoms with Crippen LogP contribution < -0.4 is 11.1 Å². The molecule has 0 saturated carbocycles. The first-order valence-corrected chi connectivity index (χ1v) is 5.27. The minimum absolute atomic E-state index is 0.0866. The van der Waals surface area contributed by atoms with Crippen molar-refractivity contribution in [2.24, 2.45) is 11.1 Å². The molecule has 1 amide bonds. The summed E-state index contributed by atoms with van der Waals surface area (Å²) in [5.74, 6) is -0.339. The summed E-state index contributed by atoms with van der Waals surface area (Å²) in [5.41, 5.74) is 5.24. The minimum Gasteiger partial charge on any atom is -0.372 e. The lowest BCUT2D eigenvalue weighted by molar-refractivity contribution is -0.174. The Morgan fingerprint density at radius 3 is 2.41 bits per heavy atom. The van der Waals surface area contributed by atoms with Gasteiger partial charge in [-0.1, -0.05) is 13.8 Å². The highest BCUT2D eigenvalue weighted by molar-refractivity contribution is 5.75. The van der Waals surface area contributed by atoms with Gasteiger partial charge in [-0.25, -0.2) is 0 Å². The third-order valence-corrected chi connectivity index (χ3v) is 2.06. The van der Waals surface area contributed by atoms with Crippen LogP contribution in [0.4, 0.5) is 13.2 Å². The van der Waals surface area contributed by atoms with E-state index in [0.717, 1.165) is 0 Å². The summed E-state index contributed by atoms with van der Waals surface area (Å²) in [6, 6.07) is 0. The van der Waals surface area contributed by atoms with Crippen molar-refractivity contribution in [3.8, 4) is 0 Å². The van der Waals surface area contributed by atoms with Gasteiger partial charge in [-0.15, -0.1) is 0 Å². The van der Waals surface area contributed by atoms with Gasteiger partial charge in [0.25, 0.3) is 0 Å². The fourth-order valence-electron chi connectivity index (χ4n) is 0.851. The van der Waals surface area contributed by atoms with Crippen molar-refractivity contribution >= 4 is 5.91 Å². The number of carbonyl (C=O) groups is 1. The van der Waals surface area contributed by atoms with E-state index in [1.165, 1.54) is 0 Å². The molecule has 102 valence electrons. The van der Waals surface area contributed by atoms with Crippen molar-refractivity contribution in [2.75, 3.05) is 26.3 Å². The topological polar surface area (TPSA) is 64.3 Å². The predicted octanol–water partition coefficient (Wildman–Crippen LogP) is 1.06. The van der Waals surface area contributed by atoms with Gasteiger partial charge >= 0.3 is 6.18 Å². The predicted molar refractivity (Wildman–Crippen MR) is 57.3 cm³/mol. The lowest BCUT2D eigenvalue weighted by Gasteiger charge is -2.22. The van der Waals surface area contributed by atoms with Gasteiger partial charge in [0.15, 0.2) is 0 Å². The van der Waals surface area contributed by atoms with Crippen LogP contribution in [-0.4, -0.2) is 38.4 Å². The summed E-state index contributed by atoms with van der Waals surface area (Å²) < 4.78 is 39.4. The van der Waals surface area contributed by atoms with Gasteiger partial charge < -0.3 is 15.8 Å². The SMILES string of the molecule is CC(C)(CN)CNC(=O)CCOCC(F)(F)F. The third kappa shape index (κ3) is 10.1. The minimum atomic E-state index is -4.35. The molecule has 0 bridgehead atoms. The Morgan fingerprint density at radius 2 is 1.94 bits per heavy atom. The number of amides is 1. The molecule has 4 nitrogen and oxygen atoms in total. The zero-order chi connectivity index (χ0) is 13.5. The maximum absolute atomic E-state index is 11.7. The Kier molecular flexibility index (Phi) is 6.48. The number of rotatable bonds is 7. The molecule has 0 atom stereocenters. The second-order valence-corrected chi connectivity index (χ2v) is 4.56. The Bertz CT molecular complexity index is 242. The number of hydrogen-bond acceptors (Lipinski definition) is 3. The molecule has 0 saturated heterocycles. The van der Waals surface area contributed by atoms with E-state index in [0.29, 0.717) is 13.1 Å². The van der Waals surface area contributed by atoms with Crippen LogP contribution in [0.15, 0.2) is 0 Å². The van der Waals surface area contributed by atoms with E-state index in [4.69, 9.17) is 5.73 Å². The molecule has 3 N–H and O–H groups in total. The van der Waals surface area contributed by atoms with Crippen LogP contribution in [-0.2, 0) is 9.53 Å². The van der Waals surface area contributed by atoms with Crippen molar-refractivity contribution in [2.45, 2.75) is 26.4 Å². The zero-order valence-electron chi connectivity index (χ0n) is 10.1. The van der Waals surface area contributed by atoms with Crippen molar-refractivity contribution < 1.29 is 22.7 Å². The van der Waals surface area contributed by atoms with Crippen LogP contribution in [0, 0.1) is 5.41 Å². The van der Waals surface area contributed by atoms with Gasteiger partial charge in [0.1, 0.15) is 6.61 Å². The van der Waals surface area contributed by atoms with E-state index in [1.54, 1.807) is 0 Å². The number of nitrogens with one attached hydrogen (secondary N) is 1. The summed E-state index contributed by atoms with van der Waals surface area (Å²) in [6.07, 6.45) is -4.44. The van der Waals surface area contributed by atoms with Crippen LogP contribution in [0.3, 0.4) is 0 Å². The first-order valence-electron chi connectivity index (χ1n) is 5.27. The van der Waals surface area contributed by atoms with Crippen molar-refractivity contribution in [1.29, 1.82) is 0 Å². The number of halogens is 3. The molecule has 0 rings (SSSR count). The molecular weight excluding hydrogens is 237 g/mol. The van der Waals surface area contributed by atoms with E-state index in [9.17, 15) is 18.0 Å². The highest BCUT2D eigenvalue weighted by Crippen LogP contribution is 2.14. The van der Waals surface area contributed by atoms with Crippen LogP contribution in [0.25, 0.3) is 0 Å². The first kappa shape index (κ1) is 16.2. The second kappa shape index (κ2) is 6.80. The Labute approximate surface area is 98.7 Å². The molecule has 0 spiro atoms. The molecule has 0 fully saturated rings. The molecular formula is C10H19F3N2O2. The smallest absolute Gasteiger partial charge is 0.372 e. The molecule has 0 unspecified atom stereocenters. The summed E-state index contributed by atoms with van der Waals surface area (Å²) >= 11 is 0. The van der Waals surface area contributed by atoms with Crippen molar-refractivity contribution in [1.82, 2.24) is 5.32 Å². The van der Waals surface area contributed by atoms with Gasteiger partial charge in [-0.2, -0.15) is 13.2 Å². The average Bonchev–Trinajstić information content (AvgIpc) is 2.20. The van der Waals surface area contributed by atoms with E-state index >= 15 is 0 Å². The molecule has 0 aromatic heterocycles. The molecule has 7 heteroatoms. The van der Waals surface area contributed by atoms with Crippen LogP contribution >= 0.6 is 0 Å². The third-order valence-electron chi connectivity index (χ3n) is 2.06. The second-order valence-electron chi connectivity index (χ2n) is 4.56. The quantitative estimate of drug-likeness (QED) is 0.669. The van der Waals surface area contributed by atoms with E-state index in [1.807, 2.05) is 13.8 Å². The van der Waals surface area contributed by atoms with Crippen LogP contribution in [0.5, 0.6) is 0 Å². The van der Waals surface area contributed by atoms with Gasteiger partial charge in [0, 0.05) is 13.0 Å². The Hall–Kier alpha value is -0.820. The van der Waals surface area contributed by atoms with Gasteiger partial charge in [-0.05, 0) is 12.0 Å². The van der Waals surface area contributed by atoms with Crippen molar-refractivity contribution in [3.63, 3.8) is 0 Å². The van der Waals surface area contributed by atoms with Gasteiger partial charge in [0.05, 0.1) is 6.61 Å².